The lowest BCUT2D eigenvalue weighted by atomic mass is 10.1. The number of benzene rings is 1. The van der Waals surface area contributed by atoms with E-state index in [0.29, 0.717) is 6.04 Å². The lowest BCUT2D eigenvalue weighted by molar-refractivity contribution is 0.0482. The molecule has 3 rings (SSSR count). The first-order chi connectivity index (χ1) is 12.7. The standard InChI is InChI=1S/C20H30N4O2/c1-3-23-9-8-21-20(23)16-22-10-11-24(18(15-22)7-12-25)14-17-5-4-6-19(13-17)26-2/h4-6,8-9,13,18,25H,3,7,10-12,14-16H2,1-2H3. The number of piperazine rings is 1. The quantitative estimate of drug-likeness (QED) is 0.782. The molecular formula is C20H30N4O2. The van der Waals surface area contributed by atoms with Gasteiger partial charge in [-0.25, -0.2) is 4.98 Å². The number of aliphatic hydroxyl groups is 1. The van der Waals surface area contributed by atoms with E-state index in [1.54, 1.807) is 7.11 Å². The van der Waals surface area contributed by atoms with Crippen LogP contribution < -0.4 is 4.74 Å². The fraction of sp³-hybridized carbons (Fsp3) is 0.550. The van der Waals surface area contributed by atoms with Gasteiger partial charge in [0.25, 0.3) is 0 Å². The molecule has 1 aliphatic heterocycles. The second-order valence-electron chi connectivity index (χ2n) is 6.85. The molecule has 1 aliphatic rings. The van der Waals surface area contributed by atoms with Crippen molar-refractivity contribution < 1.29 is 9.84 Å². The van der Waals surface area contributed by atoms with E-state index in [1.807, 2.05) is 24.5 Å². The first-order valence-electron chi connectivity index (χ1n) is 9.43. The summed E-state index contributed by atoms with van der Waals surface area (Å²) in [6.45, 7) is 8.04. The van der Waals surface area contributed by atoms with Crippen molar-refractivity contribution in [1.29, 1.82) is 0 Å². The monoisotopic (exact) mass is 358 g/mol. The molecule has 1 atom stereocenters. The first-order valence-corrected chi connectivity index (χ1v) is 9.43. The highest BCUT2D eigenvalue weighted by molar-refractivity contribution is 5.28. The fourth-order valence-electron chi connectivity index (χ4n) is 3.72. The summed E-state index contributed by atoms with van der Waals surface area (Å²) in [6.07, 6.45) is 4.71. The number of methoxy groups -OCH3 is 1. The van der Waals surface area contributed by atoms with E-state index in [-0.39, 0.29) is 6.61 Å². The van der Waals surface area contributed by atoms with E-state index >= 15 is 0 Å². The third-order valence-electron chi connectivity index (χ3n) is 5.18. The maximum atomic E-state index is 9.53. The lowest BCUT2D eigenvalue weighted by Crippen LogP contribution is -2.52. The Kier molecular flexibility index (Phi) is 6.66. The van der Waals surface area contributed by atoms with Gasteiger partial charge in [0.15, 0.2) is 0 Å². The van der Waals surface area contributed by atoms with Gasteiger partial charge < -0.3 is 14.4 Å². The van der Waals surface area contributed by atoms with Crippen LogP contribution in [0, 0.1) is 0 Å². The second kappa shape index (κ2) is 9.16. The minimum absolute atomic E-state index is 0.219. The van der Waals surface area contributed by atoms with E-state index in [1.165, 1.54) is 5.56 Å². The van der Waals surface area contributed by atoms with Gasteiger partial charge in [-0.15, -0.1) is 0 Å². The summed E-state index contributed by atoms with van der Waals surface area (Å²) in [7, 11) is 1.70. The zero-order chi connectivity index (χ0) is 18.4. The van der Waals surface area contributed by atoms with Crippen LogP contribution in [0.3, 0.4) is 0 Å². The van der Waals surface area contributed by atoms with Gasteiger partial charge in [-0.3, -0.25) is 9.80 Å². The number of aromatic nitrogens is 2. The highest BCUT2D eigenvalue weighted by Crippen LogP contribution is 2.20. The van der Waals surface area contributed by atoms with E-state index in [2.05, 4.69) is 38.4 Å². The zero-order valence-corrected chi connectivity index (χ0v) is 15.8. The third-order valence-corrected chi connectivity index (χ3v) is 5.18. The predicted molar refractivity (Wildman–Crippen MR) is 102 cm³/mol. The molecule has 1 fully saturated rings. The van der Waals surface area contributed by atoms with Crippen molar-refractivity contribution in [3.63, 3.8) is 0 Å². The molecule has 0 bridgehead atoms. The Morgan fingerprint density at radius 1 is 1.27 bits per heavy atom. The van der Waals surface area contributed by atoms with Crippen LogP contribution in [0.15, 0.2) is 36.7 Å². The Bertz CT molecular complexity index is 688. The highest BCUT2D eigenvalue weighted by Gasteiger charge is 2.27. The average molecular weight is 358 g/mol. The van der Waals surface area contributed by atoms with Crippen LogP contribution in [0.1, 0.15) is 24.7 Å². The molecule has 1 N–H and O–H groups in total. The van der Waals surface area contributed by atoms with Crippen molar-refractivity contribution in [2.24, 2.45) is 0 Å². The maximum Gasteiger partial charge on any atom is 0.122 e. The van der Waals surface area contributed by atoms with Gasteiger partial charge in [0.2, 0.25) is 0 Å². The molecule has 1 saturated heterocycles. The summed E-state index contributed by atoms with van der Waals surface area (Å²) in [6, 6.07) is 8.60. The molecule has 2 aromatic rings. The number of hydrogen-bond acceptors (Lipinski definition) is 5. The lowest BCUT2D eigenvalue weighted by Gasteiger charge is -2.41. The molecule has 0 saturated carbocycles. The average Bonchev–Trinajstić information content (AvgIpc) is 3.11. The van der Waals surface area contributed by atoms with Gasteiger partial charge in [-0.1, -0.05) is 12.1 Å². The van der Waals surface area contributed by atoms with Crippen molar-refractivity contribution in [2.45, 2.75) is 39.0 Å². The Morgan fingerprint density at radius 2 is 2.15 bits per heavy atom. The van der Waals surface area contributed by atoms with Crippen LogP contribution in [-0.4, -0.2) is 63.9 Å². The van der Waals surface area contributed by atoms with Crippen LogP contribution >= 0.6 is 0 Å². The number of rotatable bonds is 8. The molecule has 1 unspecified atom stereocenters. The number of aryl methyl sites for hydroxylation is 1. The minimum atomic E-state index is 0.219. The molecule has 0 aliphatic carbocycles. The largest absolute Gasteiger partial charge is 0.497 e. The molecule has 0 radical (unpaired) electrons. The minimum Gasteiger partial charge on any atom is -0.497 e. The molecule has 1 aromatic carbocycles. The molecule has 6 heteroatoms. The van der Waals surface area contributed by atoms with E-state index < -0.39 is 0 Å². The molecule has 6 nitrogen and oxygen atoms in total. The molecule has 1 aromatic heterocycles. The molecule has 0 amide bonds. The Balaban J connectivity index is 1.64. The van der Waals surface area contributed by atoms with Crippen molar-refractivity contribution in [2.75, 3.05) is 33.4 Å². The third kappa shape index (κ3) is 4.63. The van der Waals surface area contributed by atoms with E-state index in [9.17, 15) is 5.11 Å². The van der Waals surface area contributed by atoms with Crippen LogP contribution in [-0.2, 0) is 19.6 Å². The molecule has 26 heavy (non-hydrogen) atoms. The summed E-state index contributed by atoms with van der Waals surface area (Å²) in [5.41, 5.74) is 1.25. The summed E-state index contributed by atoms with van der Waals surface area (Å²) in [5, 5.41) is 9.53. The smallest absolute Gasteiger partial charge is 0.122 e. The molecule has 0 spiro atoms. The van der Waals surface area contributed by atoms with Crippen LogP contribution in [0.5, 0.6) is 5.75 Å². The van der Waals surface area contributed by atoms with Crippen molar-refractivity contribution in [3.8, 4) is 5.75 Å². The molecule has 142 valence electrons. The molecule has 2 heterocycles. The van der Waals surface area contributed by atoms with Gasteiger partial charge >= 0.3 is 0 Å². The van der Waals surface area contributed by atoms with Crippen LogP contribution in [0.2, 0.25) is 0 Å². The summed E-state index contributed by atoms with van der Waals surface area (Å²) in [5.74, 6) is 2.02. The van der Waals surface area contributed by atoms with Gasteiger partial charge in [0, 0.05) is 57.8 Å². The van der Waals surface area contributed by atoms with E-state index in [0.717, 1.165) is 57.3 Å². The summed E-state index contributed by atoms with van der Waals surface area (Å²) in [4.78, 5) is 9.44. The normalized spacial score (nSPS) is 19.0. The number of nitrogens with zero attached hydrogens (tertiary/aromatic N) is 4. The number of imidazole rings is 1. The number of aliphatic hydroxyl groups excluding tert-OH is 1. The van der Waals surface area contributed by atoms with Crippen molar-refractivity contribution in [3.05, 3.63) is 48.0 Å². The van der Waals surface area contributed by atoms with E-state index in [4.69, 9.17) is 4.74 Å². The molecular weight excluding hydrogens is 328 g/mol. The number of hydrogen-bond donors (Lipinski definition) is 1. The van der Waals surface area contributed by atoms with Crippen LogP contribution in [0.25, 0.3) is 0 Å². The second-order valence-corrected chi connectivity index (χ2v) is 6.85. The van der Waals surface area contributed by atoms with Gasteiger partial charge in [-0.2, -0.15) is 0 Å². The fourth-order valence-corrected chi connectivity index (χ4v) is 3.72. The van der Waals surface area contributed by atoms with Crippen LogP contribution in [0.4, 0.5) is 0 Å². The Labute approximate surface area is 156 Å². The summed E-state index contributed by atoms with van der Waals surface area (Å²) >= 11 is 0. The highest BCUT2D eigenvalue weighted by atomic mass is 16.5. The maximum absolute atomic E-state index is 9.53. The van der Waals surface area contributed by atoms with Gasteiger partial charge in [0.05, 0.1) is 13.7 Å². The number of ether oxygens (including phenoxy) is 1. The Hall–Kier alpha value is -1.89. The predicted octanol–water partition coefficient (Wildman–Crippen LogP) is 1.98. The first kappa shape index (κ1) is 18.9. The SMILES string of the molecule is CCn1ccnc1CN1CCN(Cc2cccc(OC)c2)C(CCO)C1. The Morgan fingerprint density at radius 3 is 2.92 bits per heavy atom. The zero-order valence-electron chi connectivity index (χ0n) is 15.8. The van der Waals surface area contributed by atoms with Gasteiger partial charge in [-0.05, 0) is 31.0 Å². The van der Waals surface area contributed by atoms with Crippen molar-refractivity contribution >= 4 is 0 Å². The van der Waals surface area contributed by atoms with Crippen molar-refractivity contribution in [1.82, 2.24) is 19.4 Å². The van der Waals surface area contributed by atoms with Gasteiger partial charge in [0.1, 0.15) is 11.6 Å². The topological polar surface area (TPSA) is 53.8 Å². The summed E-state index contributed by atoms with van der Waals surface area (Å²) < 4.78 is 7.54.